The van der Waals surface area contributed by atoms with Crippen LogP contribution in [0, 0.1) is 6.92 Å². The van der Waals surface area contributed by atoms with Gasteiger partial charge in [0.25, 0.3) is 0 Å². The molecule has 0 saturated carbocycles. The number of thiazole rings is 1. The van der Waals surface area contributed by atoms with E-state index in [0.29, 0.717) is 5.13 Å². The topological polar surface area (TPSA) is 81.9 Å². The van der Waals surface area contributed by atoms with Gasteiger partial charge in [0.2, 0.25) is 5.91 Å². The number of para-hydroxylation sites is 1. The second-order valence-electron chi connectivity index (χ2n) is 6.03. The van der Waals surface area contributed by atoms with E-state index >= 15 is 0 Å². The lowest BCUT2D eigenvalue weighted by Gasteiger charge is -2.07. The predicted molar refractivity (Wildman–Crippen MR) is 105 cm³/mol. The first-order valence-corrected chi connectivity index (χ1v) is 9.20. The molecule has 0 spiro atoms. The number of carbonyl (C=O) groups is 1. The van der Waals surface area contributed by atoms with Gasteiger partial charge in [-0.2, -0.15) is 0 Å². The Morgan fingerprint density at radius 1 is 1.26 bits per heavy atom. The quantitative estimate of drug-likeness (QED) is 0.574. The Bertz CT molecular complexity index is 1120. The Balaban J connectivity index is 1.51. The van der Waals surface area contributed by atoms with Crippen LogP contribution in [0.4, 0.5) is 5.13 Å². The normalized spacial score (nSPS) is 10.9. The summed E-state index contributed by atoms with van der Waals surface area (Å²) in [5.74, 6) is 0.542. The highest BCUT2D eigenvalue weighted by Crippen LogP contribution is 2.32. The number of benzene rings is 2. The van der Waals surface area contributed by atoms with E-state index < -0.39 is 0 Å². The van der Waals surface area contributed by atoms with Crippen molar-refractivity contribution in [2.24, 2.45) is 0 Å². The van der Waals surface area contributed by atoms with Crippen molar-refractivity contribution in [3.8, 4) is 17.0 Å². The number of rotatable bonds is 5. The molecule has 8 heteroatoms. The lowest BCUT2D eigenvalue weighted by atomic mass is 10.1. The molecule has 0 saturated heterocycles. The van der Waals surface area contributed by atoms with Crippen LogP contribution in [-0.2, 0) is 11.3 Å². The number of fused-ring (bicyclic) bond motifs is 1. The molecular formula is C19H17N5O2S. The van der Waals surface area contributed by atoms with Crippen molar-refractivity contribution in [1.29, 1.82) is 0 Å². The van der Waals surface area contributed by atoms with Gasteiger partial charge in [-0.3, -0.25) is 4.79 Å². The minimum Gasteiger partial charge on any atom is -0.496 e. The number of hydrogen-bond acceptors (Lipinski definition) is 6. The molecule has 0 aliphatic rings. The van der Waals surface area contributed by atoms with Crippen LogP contribution in [-0.4, -0.2) is 33.0 Å². The van der Waals surface area contributed by atoms with E-state index in [1.54, 1.807) is 11.8 Å². The number of ether oxygens (including phenoxy) is 1. The van der Waals surface area contributed by atoms with Crippen molar-refractivity contribution in [3.63, 3.8) is 0 Å². The molecular weight excluding hydrogens is 362 g/mol. The number of hydrogen-bond donors (Lipinski definition) is 1. The Kier molecular flexibility index (Phi) is 4.55. The van der Waals surface area contributed by atoms with Gasteiger partial charge in [-0.05, 0) is 31.2 Å². The van der Waals surface area contributed by atoms with Crippen LogP contribution in [0.25, 0.3) is 22.3 Å². The summed E-state index contributed by atoms with van der Waals surface area (Å²) < 4.78 is 6.99. The van der Waals surface area contributed by atoms with Crippen LogP contribution in [0.3, 0.4) is 0 Å². The highest BCUT2D eigenvalue weighted by Gasteiger charge is 2.13. The zero-order valence-corrected chi connectivity index (χ0v) is 15.7. The molecule has 1 N–H and O–H groups in total. The standard InChI is InChI=1S/C19H17N5O2S/c1-12-7-8-17(26-2)13(9-12)15-11-27-19(20-15)21-18(25)10-24-16-6-4-3-5-14(16)22-23-24/h3-9,11H,10H2,1-2H3,(H,20,21,25). The van der Waals surface area contributed by atoms with Crippen LogP contribution < -0.4 is 10.1 Å². The maximum atomic E-state index is 12.4. The van der Waals surface area contributed by atoms with E-state index in [9.17, 15) is 4.79 Å². The summed E-state index contributed by atoms with van der Waals surface area (Å²) in [6.07, 6.45) is 0. The molecule has 2 heterocycles. The van der Waals surface area contributed by atoms with Gasteiger partial charge in [0.05, 0.1) is 18.3 Å². The third kappa shape index (κ3) is 3.52. The summed E-state index contributed by atoms with van der Waals surface area (Å²) in [4.78, 5) is 16.9. The average Bonchev–Trinajstić information content (AvgIpc) is 3.29. The Morgan fingerprint density at radius 3 is 2.96 bits per heavy atom. The SMILES string of the molecule is COc1ccc(C)cc1-c1csc(NC(=O)Cn2nnc3ccccc32)n1. The number of amides is 1. The van der Waals surface area contributed by atoms with Gasteiger partial charge in [0, 0.05) is 10.9 Å². The Hall–Kier alpha value is -3.26. The number of aryl methyl sites for hydroxylation is 1. The first kappa shape index (κ1) is 17.2. The van der Waals surface area contributed by atoms with Crippen LogP contribution >= 0.6 is 11.3 Å². The van der Waals surface area contributed by atoms with E-state index in [-0.39, 0.29) is 12.5 Å². The van der Waals surface area contributed by atoms with Crippen LogP contribution in [0.1, 0.15) is 5.56 Å². The predicted octanol–water partition coefficient (Wildman–Crippen LogP) is 3.51. The second kappa shape index (κ2) is 7.16. The minimum absolute atomic E-state index is 0.0726. The van der Waals surface area contributed by atoms with Crippen LogP contribution in [0.15, 0.2) is 47.8 Å². The Morgan fingerprint density at radius 2 is 2.11 bits per heavy atom. The maximum absolute atomic E-state index is 12.4. The second-order valence-corrected chi connectivity index (χ2v) is 6.88. The highest BCUT2D eigenvalue weighted by atomic mass is 32.1. The van der Waals surface area contributed by atoms with Crippen molar-refractivity contribution >= 4 is 33.4 Å². The molecule has 0 unspecified atom stereocenters. The van der Waals surface area contributed by atoms with Gasteiger partial charge >= 0.3 is 0 Å². The van der Waals surface area contributed by atoms with Crippen molar-refractivity contribution in [2.75, 3.05) is 12.4 Å². The van der Waals surface area contributed by atoms with Crippen molar-refractivity contribution < 1.29 is 9.53 Å². The lowest BCUT2D eigenvalue weighted by Crippen LogP contribution is -2.19. The molecule has 7 nitrogen and oxygen atoms in total. The molecule has 0 aliphatic carbocycles. The largest absolute Gasteiger partial charge is 0.496 e. The summed E-state index contributed by atoms with van der Waals surface area (Å²) in [6, 6.07) is 13.4. The molecule has 136 valence electrons. The summed E-state index contributed by atoms with van der Waals surface area (Å²) in [6.45, 7) is 2.09. The first-order valence-electron chi connectivity index (χ1n) is 8.32. The zero-order valence-electron chi connectivity index (χ0n) is 14.8. The summed E-state index contributed by atoms with van der Waals surface area (Å²) in [5.41, 5.74) is 4.35. The smallest absolute Gasteiger partial charge is 0.247 e. The molecule has 0 atom stereocenters. The monoisotopic (exact) mass is 379 g/mol. The highest BCUT2D eigenvalue weighted by molar-refractivity contribution is 7.14. The molecule has 0 aliphatic heterocycles. The van der Waals surface area contributed by atoms with Gasteiger partial charge in [-0.25, -0.2) is 9.67 Å². The fourth-order valence-electron chi connectivity index (χ4n) is 2.81. The first-order chi connectivity index (χ1) is 13.1. The minimum atomic E-state index is -0.206. The number of nitrogens with zero attached hydrogens (tertiary/aromatic N) is 4. The molecule has 0 bridgehead atoms. The molecule has 27 heavy (non-hydrogen) atoms. The fraction of sp³-hybridized carbons (Fsp3) is 0.158. The van der Waals surface area contributed by atoms with Crippen molar-refractivity contribution in [3.05, 3.63) is 53.4 Å². The zero-order chi connectivity index (χ0) is 18.8. The van der Waals surface area contributed by atoms with E-state index in [2.05, 4.69) is 20.6 Å². The number of anilines is 1. The molecule has 2 aromatic carbocycles. The summed E-state index contributed by atoms with van der Waals surface area (Å²) in [7, 11) is 1.63. The molecule has 4 aromatic rings. The van der Waals surface area contributed by atoms with Crippen molar-refractivity contribution in [1.82, 2.24) is 20.0 Å². The third-order valence-corrected chi connectivity index (χ3v) is 4.85. The molecule has 1 amide bonds. The third-order valence-electron chi connectivity index (χ3n) is 4.10. The summed E-state index contributed by atoms with van der Waals surface area (Å²) >= 11 is 1.37. The fourth-order valence-corrected chi connectivity index (χ4v) is 3.53. The van der Waals surface area contributed by atoms with Gasteiger partial charge < -0.3 is 10.1 Å². The van der Waals surface area contributed by atoms with Gasteiger partial charge in [0.15, 0.2) is 5.13 Å². The van der Waals surface area contributed by atoms with Crippen LogP contribution in [0.2, 0.25) is 0 Å². The molecule has 2 aromatic heterocycles. The maximum Gasteiger partial charge on any atom is 0.247 e. The van der Waals surface area contributed by atoms with E-state index in [4.69, 9.17) is 4.74 Å². The molecule has 0 radical (unpaired) electrons. The number of aromatic nitrogens is 4. The van der Waals surface area contributed by atoms with Gasteiger partial charge in [-0.15, -0.1) is 16.4 Å². The van der Waals surface area contributed by atoms with Gasteiger partial charge in [0.1, 0.15) is 17.8 Å². The average molecular weight is 379 g/mol. The molecule has 0 fully saturated rings. The van der Waals surface area contributed by atoms with Crippen LogP contribution in [0.5, 0.6) is 5.75 Å². The number of methoxy groups -OCH3 is 1. The number of nitrogens with one attached hydrogen (secondary N) is 1. The number of carbonyl (C=O) groups excluding carboxylic acids is 1. The summed E-state index contributed by atoms with van der Waals surface area (Å²) in [5, 5.41) is 13.3. The van der Waals surface area contributed by atoms with E-state index in [0.717, 1.165) is 33.6 Å². The van der Waals surface area contributed by atoms with E-state index in [1.807, 2.05) is 54.8 Å². The van der Waals surface area contributed by atoms with E-state index in [1.165, 1.54) is 11.3 Å². The van der Waals surface area contributed by atoms with Crippen molar-refractivity contribution in [2.45, 2.75) is 13.5 Å². The Labute approximate surface area is 159 Å². The molecule has 4 rings (SSSR count). The van der Waals surface area contributed by atoms with Gasteiger partial charge in [-0.1, -0.05) is 29.0 Å². The lowest BCUT2D eigenvalue weighted by molar-refractivity contribution is -0.116.